The van der Waals surface area contributed by atoms with Gasteiger partial charge in [0, 0.05) is 0 Å². The first-order valence-corrected chi connectivity index (χ1v) is 9.02. The SMILES string of the molecule is CCC[NH+]1CC[NH+]([C@H]2C[NH2+]Cc3c(OC)ccc(OC)c32)CC1. The van der Waals surface area contributed by atoms with E-state index in [0.29, 0.717) is 6.04 Å². The Morgan fingerprint density at radius 1 is 1.09 bits per heavy atom. The number of nitrogens with two attached hydrogens (primary N) is 1. The van der Waals surface area contributed by atoms with Crippen LogP contribution in [0.3, 0.4) is 0 Å². The zero-order chi connectivity index (χ0) is 16.2. The van der Waals surface area contributed by atoms with Crippen molar-refractivity contribution in [3.8, 4) is 11.5 Å². The largest absolute Gasteiger partial charge is 0.496 e. The predicted molar refractivity (Wildman–Crippen MR) is 89.3 cm³/mol. The third kappa shape index (κ3) is 3.32. The minimum absolute atomic E-state index is 0.520. The molecule has 1 fully saturated rings. The first kappa shape index (κ1) is 16.6. The Kier molecular flexibility index (Phi) is 5.41. The molecule has 2 aliphatic heterocycles. The molecule has 23 heavy (non-hydrogen) atoms. The second-order valence-corrected chi connectivity index (χ2v) is 6.80. The van der Waals surface area contributed by atoms with Crippen LogP contribution in [0, 0.1) is 0 Å². The summed E-state index contributed by atoms with van der Waals surface area (Å²) in [5.74, 6) is 2.05. The average molecular weight is 322 g/mol. The molecule has 2 heterocycles. The fraction of sp³-hybridized carbons (Fsp3) is 0.667. The minimum Gasteiger partial charge on any atom is -0.496 e. The van der Waals surface area contributed by atoms with Crippen LogP contribution in [-0.2, 0) is 6.54 Å². The number of methoxy groups -OCH3 is 2. The highest BCUT2D eigenvalue weighted by atomic mass is 16.5. The molecule has 0 saturated carbocycles. The lowest BCUT2D eigenvalue weighted by Gasteiger charge is -2.36. The Hall–Kier alpha value is -1.30. The van der Waals surface area contributed by atoms with Crippen molar-refractivity contribution >= 4 is 0 Å². The van der Waals surface area contributed by atoms with Crippen LogP contribution >= 0.6 is 0 Å². The fourth-order valence-electron chi connectivity index (χ4n) is 4.34. The Morgan fingerprint density at radius 2 is 1.78 bits per heavy atom. The van der Waals surface area contributed by atoms with Gasteiger partial charge < -0.3 is 24.6 Å². The molecule has 1 aromatic rings. The molecule has 0 bridgehead atoms. The van der Waals surface area contributed by atoms with Crippen LogP contribution < -0.4 is 24.6 Å². The molecule has 0 aliphatic carbocycles. The predicted octanol–water partition coefficient (Wildman–Crippen LogP) is -1.98. The van der Waals surface area contributed by atoms with Gasteiger partial charge in [0.15, 0.2) is 6.04 Å². The quantitative estimate of drug-likeness (QED) is 0.588. The van der Waals surface area contributed by atoms with E-state index in [1.807, 2.05) is 6.07 Å². The van der Waals surface area contributed by atoms with Gasteiger partial charge in [0.2, 0.25) is 0 Å². The van der Waals surface area contributed by atoms with Crippen molar-refractivity contribution in [3.05, 3.63) is 23.3 Å². The number of hydrogen-bond donors (Lipinski definition) is 3. The molecule has 0 aromatic heterocycles. The maximum absolute atomic E-state index is 5.70. The highest BCUT2D eigenvalue weighted by Gasteiger charge is 2.38. The monoisotopic (exact) mass is 322 g/mol. The van der Waals surface area contributed by atoms with Gasteiger partial charge in [-0.3, -0.25) is 0 Å². The molecular formula is C18H32N3O2+3. The maximum Gasteiger partial charge on any atom is 0.167 e. The third-order valence-electron chi connectivity index (χ3n) is 5.51. The van der Waals surface area contributed by atoms with Gasteiger partial charge in [0.25, 0.3) is 0 Å². The number of piperazine rings is 1. The van der Waals surface area contributed by atoms with E-state index >= 15 is 0 Å². The molecule has 0 radical (unpaired) electrons. The lowest BCUT2D eigenvalue weighted by atomic mass is 9.93. The van der Waals surface area contributed by atoms with Crippen LogP contribution in [-0.4, -0.2) is 53.5 Å². The second-order valence-electron chi connectivity index (χ2n) is 6.80. The molecule has 2 aliphatic rings. The van der Waals surface area contributed by atoms with Crippen molar-refractivity contribution in [2.75, 3.05) is 53.5 Å². The highest BCUT2D eigenvalue weighted by molar-refractivity contribution is 5.50. The second kappa shape index (κ2) is 7.51. The lowest BCUT2D eigenvalue weighted by molar-refractivity contribution is -1.03. The summed E-state index contributed by atoms with van der Waals surface area (Å²) in [6, 6.07) is 4.65. The van der Waals surface area contributed by atoms with Crippen LogP contribution in [0.5, 0.6) is 11.5 Å². The Balaban J connectivity index is 1.84. The summed E-state index contributed by atoms with van der Waals surface area (Å²) < 4.78 is 11.3. The van der Waals surface area contributed by atoms with Crippen LogP contribution in [0.4, 0.5) is 0 Å². The molecule has 0 spiro atoms. The van der Waals surface area contributed by atoms with Crippen molar-refractivity contribution in [3.63, 3.8) is 0 Å². The van der Waals surface area contributed by atoms with Crippen molar-refractivity contribution in [1.82, 2.24) is 0 Å². The first-order chi connectivity index (χ1) is 11.3. The molecule has 1 saturated heterocycles. The Morgan fingerprint density at radius 3 is 2.43 bits per heavy atom. The van der Waals surface area contributed by atoms with Crippen LogP contribution in [0.15, 0.2) is 12.1 Å². The van der Waals surface area contributed by atoms with Crippen molar-refractivity contribution in [2.45, 2.75) is 25.9 Å². The number of rotatable bonds is 5. The Bertz CT molecular complexity index is 527. The van der Waals surface area contributed by atoms with E-state index < -0.39 is 0 Å². The van der Waals surface area contributed by atoms with Gasteiger partial charge in [0.1, 0.15) is 50.8 Å². The molecule has 5 heteroatoms. The van der Waals surface area contributed by atoms with E-state index in [9.17, 15) is 0 Å². The fourth-order valence-corrected chi connectivity index (χ4v) is 4.34. The zero-order valence-corrected chi connectivity index (χ0v) is 14.8. The van der Waals surface area contributed by atoms with E-state index in [2.05, 4.69) is 18.3 Å². The van der Waals surface area contributed by atoms with Gasteiger partial charge in [0.05, 0.1) is 31.9 Å². The van der Waals surface area contributed by atoms with E-state index in [1.165, 1.54) is 50.3 Å². The molecule has 0 unspecified atom stereocenters. The van der Waals surface area contributed by atoms with Crippen molar-refractivity contribution < 1.29 is 24.6 Å². The molecule has 4 N–H and O–H groups in total. The standard InChI is InChI=1S/C18H29N3O2/c1-4-7-20-8-10-21(11-9-20)15-13-19-12-14-16(22-2)5-6-17(23-3)18(14)15/h5-6,15,19H,4,7-13H2,1-3H3/p+3/t15-/m0/s1. The molecule has 5 nitrogen and oxygen atoms in total. The van der Waals surface area contributed by atoms with Gasteiger partial charge in [-0.25, -0.2) is 0 Å². The number of benzene rings is 1. The molecule has 3 rings (SSSR count). The van der Waals surface area contributed by atoms with Gasteiger partial charge in [-0.1, -0.05) is 6.92 Å². The third-order valence-corrected chi connectivity index (χ3v) is 5.51. The average Bonchev–Trinajstić information content (AvgIpc) is 2.61. The smallest absolute Gasteiger partial charge is 0.167 e. The number of quaternary nitrogens is 3. The number of ether oxygens (including phenoxy) is 2. The number of fused-ring (bicyclic) bond motifs is 1. The molecule has 128 valence electrons. The topological polar surface area (TPSA) is 44.0 Å². The summed E-state index contributed by atoms with van der Waals surface area (Å²) in [5.41, 5.74) is 2.72. The van der Waals surface area contributed by atoms with Gasteiger partial charge in [-0.15, -0.1) is 0 Å². The molecule has 1 atom stereocenters. The summed E-state index contributed by atoms with van der Waals surface area (Å²) in [4.78, 5) is 3.49. The molecular weight excluding hydrogens is 290 g/mol. The summed E-state index contributed by atoms with van der Waals surface area (Å²) >= 11 is 0. The summed E-state index contributed by atoms with van der Waals surface area (Å²) in [6.45, 7) is 10.8. The number of hydrogen-bond acceptors (Lipinski definition) is 2. The summed E-state index contributed by atoms with van der Waals surface area (Å²) in [6.07, 6.45) is 1.29. The minimum atomic E-state index is 0.520. The first-order valence-electron chi connectivity index (χ1n) is 9.02. The zero-order valence-electron chi connectivity index (χ0n) is 14.8. The summed E-state index contributed by atoms with van der Waals surface area (Å²) in [7, 11) is 3.56. The van der Waals surface area contributed by atoms with Gasteiger partial charge >= 0.3 is 0 Å². The number of nitrogens with one attached hydrogen (secondary N) is 2. The van der Waals surface area contributed by atoms with E-state index in [-0.39, 0.29) is 0 Å². The van der Waals surface area contributed by atoms with E-state index in [1.54, 1.807) is 24.0 Å². The van der Waals surface area contributed by atoms with E-state index in [0.717, 1.165) is 24.6 Å². The highest BCUT2D eigenvalue weighted by Crippen LogP contribution is 2.34. The summed E-state index contributed by atoms with van der Waals surface area (Å²) in [5, 5.41) is 2.42. The van der Waals surface area contributed by atoms with Crippen molar-refractivity contribution in [2.24, 2.45) is 0 Å². The molecule has 1 aromatic carbocycles. The van der Waals surface area contributed by atoms with Gasteiger partial charge in [-0.2, -0.15) is 0 Å². The van der Waals surface area contributed by atoms with Crippen LogP contribution in [0.1, 0.15) is 30.5 Å². The Labute approximate surface area is 139 Å². The van der Waals surface area contributed by atoms with Crippen molar-refractivity contribution in [1.29, 1.82) is 0 Å². The van der Waals surface area contributed by atoms with Crippen LogP contribution in [0.2, 0.25) is 0 Å². The lowest BCUT2D eigenvalue weighted by Crippen LogP contribution is -3.29. The maximum atomic E-state index is 5.70. The normalized spacial score (nSPS) is 27.3. The van der Waals surface area contributed by atoms with Gasteiger partial charge in [-0.05, 0) is 18.6 Å². The van der Waals surface area contributed by atoms with Crippen LogP contribution in [0.25, 0.3) is 0 Å². The van der Waals surface area contributed by atoms with E-state index in [4.69, 9.17) is 9.47 Å². The molecule has 0 amide bonds.